The number of benzene rings is 2. The van der Waals surface area contributed by atoms with Crippen molar-refractivity contribution < 1.29 is 9.18 Å². The number of fused-ring (bicyclic) bond motifs is 1. The van der Waals surface area contributed by atoms with Crippen molar-refractivity contribution in [3.8, 4) is 0 Å². The minimum atomic E-state index is -1.52. The van der Waals surface area contributed by atoms with Gasteiger partial charge in [0, 0.05) is 25.6 Å². The lowest BCUT2D eigenvalue weighted by molar-refractivity contribution is 0.0750. The van der Waals surface area contributed by atoms with E-state index < -0.39 is 5.67 Å². The molecule has 4 rings (SSSR count). The number of carbonyl (C=O) groups is 1. The number of likely N-dealkylation sites (tertiary alicyclic amines) is 1. The monoisotopic (exact) mass is 353 g/mol. The van der Waals surface area contributed by atoms with Gasteiger partial charge in [0.1, 0.15) is 0 Å². The van der Waals surface area contributed by atoms with E-state index in [4.69, 9.17) is 0 Å². The SMILES string of the molecule is Cc1ccccc1C1(F)CCN(C(=O)c2ccc3[nH]c(=O)n(C)c3c2)C1. The maximum absolute atomic E-state index is 15.5. The Labute approximate surface area is 150 Å². The highest BCUT2D eigenvalue weighted by atomic mass is 19.1. The summed E-state index contributed by atoms with van der Waals surface area (Å²) in [5, 5.41) is 0. The van der Waals surface area contributed by atoms with Crippen LogP contribution in [0.15, 0.2) is 47.3 Å². The second kappa shape index (κ2) is 5.83. The van der Waals surface area contributed by atoms with Gasteiger partial charge in [-0.2, -0.15) is 0 Å². The van der Waals surface area contributed by atoms with E-state index in [1.54, 1.807) is 36.2 Å². The van der Waals surface area contributed by atoms with Gasteiger partial charge < -0.3 is 9.88 Å². The van der Waals surface area contributed by atoms with Crippen LogP contribution in [0.2, 0.25) is 0 Å². The molecule has 1 aromatic heterocycles. The van der Waals surface area contributed by atoms with Crippen LogP contribution in [0.1, 0.15) is 27.9 Å². The topological polar surface area (TPSA) is 58.1 Å². The summed E-state index contributed by atoms with van der Waals surface area (Å²) in [7, 11) is 1.65. The molecule has 2 aromatic carbocycles. The van der Waals surface area contributed by atoms with Gasteiger partial charge in [0.05, 0.1) is 17.6 Å². The first-order valence-electron chi connectivity index (χ1n) is 8.62. The van der Waals surface area contributed by atoms with Gasteiger partial charge in [-0.15, -0.1) is 0 Å². The van der Waals surface area contributed by atoms with Crippen LogP contribution < -0.4 is 5.69 Å². The highest BCUT2D eigenvalue weighted by molar-refractivity contribution is 5.97. The van der Waals surface area contributed by atoms with Crippen LogP contribution >= 0.6 is 0 Å². The van der Waals surface area contributed by atoms with Crippen molar-refractivity contribution in [2.75, 3.05) is 13.1 Å². The molecule has 6 heteroatoms. The second-order valence-electron chi connectivity index (χ2n) is 6.98. The van der Waals surface area contributed by atoms with Crippen LogP contribution in [-0.2, 0) is 12.7 Å². The number of halogens is 1. The second-order valence-corrected chi connectivity index (χ2v) is 6.98. The molecule has 3 aromatic rings. The smallest absolute Gasteiger partial charge is 0.326 e. The highest BCUT2D eigenvalue weighted by Crippen LogP contribution is 2.38. The molecular weight excluding hydrogens is 333 g/mol. The maximum atomic E-state index is 15.5. The number of aromatic nitrogens is 2. The Bertz CT molecular complexity index is 1070. The predicted molar refractivity (Wildman–Crippen MR) is 98.0 cm³/mol. The summed E-state index contributed by atoms with van der Waals surface area (Å²) in [5.74, 6) is -0.214. The maximum Gasteiger partial charge on any atom is 0.326 e. The van der Waals surface area contributed by atoms with E-state index in [9.17, 15) is 9.59 Å². The van der Waals surface area contributed by atoms with Crippen LogP contribution in [0, 0.1) is 6.92 Å². The summed E-state index contributed by atoms with van der Waals surface area (Å²) in [5.41, 5.74) is 1.59. The average molecular weight is 353 g/mol. The summed E-state index contributed by atoms with van der Waals surface area (Å²) in [4.78, 5) is 28.9. The first kappa shape index (κ1) is 16.6. The van der Waals surface area contributed by atoms with E-state index in [0.717, 1.165) is 5.56 Å². The number of nitrogens with zero attached hydrogens (tertiary/aromatic N) is 2. The normalized spacial score (nSPS) is 20.0. The number of hydrogen-bond donors (Lipinski definition) is 1. The van der Waals surface area contributed by atoms with Gasteiger partial charge in [-0.1, -0.05) is 24.3 Å². The molecule has 5 nitrogen and oxygen atoms in total. The number of alkyl halides is 1. The van der Waals surface area contributed by atoms with Gasteiger partial charge in [-0.05, 0) is 36.2 Å². The lowest BCUT2D eigenvalue weighted by Gasteiger charge is -2.23. The van der Waals surface area contributed by atoms with Gasteiger partial charge in [0.15, 0.2) is 5.67 Å². The molecule has 1 N–H and O–H groups in total. The number of H-pyrrole nitrogens is 1. The Morgan fingerprint density at radius 3 is 2.77 bits per heavy atom. The molecule has 1 aliphatic heterocycles. The molecule has 1 saturated heterocycles. The van der Waals surface area contributed by atoms with Gasteiger partial charge in [0.2, 0.25) is 0 Å². The van der Waals surface area contributed by atoms with Crippen molar-refractivity contribution in [3.63, 3.8) is 0 Å². The van der Waals surface area contributed by atoms with Crippen LogP contribution in [-0.4, -0.2) is 33.4 Å². The van der Waals surface area contributed by atoms with E-state index in [1.165, 1.54) is 4.57 Å². The van der Waals surface area contributed by atoms with Crippen LogP contribution in [0.5, 0.6) is 0 Å². The van der Waals surface area contributed by atoms with Gasteiger partial charge in [-0.3, -0.25) is 9.36 Å². The first-order chi connectivity index (χ1) is 12.4. The first-order valence-corrected chi connectivity index (χ1v) is 8.62. The Morgan fingerprint density at radius 2 is 2.00 bits per heavy atom. The minimum Gasteiger partial charge on any atom is -0.335 e. The third kappa shape index (κ3) is 2.53. The average Bonchev–Trinajstić information content (AvgIpc) is 3.16. The van der Waals surface area contributed by atoms with Crippen molar-refractivity contribution in [2.24, 2.45) is 7.05 Å². The molecule has 26 heavy (non-hydrogen) atoms. The zero-order valence-corrected chi connectivity index (χ0v) is 14.8. The Morgan fingerprint density at radius 1 is 1.23 bits per heavy atom. The molecule has 1 amide bonds. The summed E-state index contributed by atoms with van der Waals surface area (Å²) < 4.78 is 17.0. The molecular formula is C20H20FN3O2. The standard InChI is InChI=1S/C20H20FN3O2/c1-13-5-3-4-6-15(13)20(21)9-10-24(12-20)18(25)14-7-8-16-17(11-14)23(2)19(26)22-16/h3-8,11H,9-10,12H2,1-2H3,(H,22,26). The molecule has 1 atom stereocenters. The summed E-state index contributed by atoms with van der Waals surface area (Å²) in [6.07, 6.45) is 0.286. The van der Waals surface area contributed by atoms with Crippen molar-refractivity contribution in [2.45, 2.75) is 19.0 Å². The van der Waals surface area contributed by atoms with E-state index >= 15 is 4.39 Å². The molecule has 0 bridgehead atoms. The minimum absolute atomic E-state index is 0.0425. The molecule has 1 fully saturated rings. The van der Waals surface area contributed by atoms with Crippen LogP contribution in [0.3, 0.4) is 0 Å². The van der Waals surface area contributed by atoms with E-state index in [2.05, 4.69) is 4.98 Å². The van der Waals surface area contributed by atoms with Crippen molar-refractivity contribution in [1.82, 2.24) is 14.5 Å². The van der Waals surface area contributed by atoms with Crippen molar-refractivity contribution >= 4 is 16.9 Å². The largest absolute Gasteiger partial charge is 0.335 e. The number of carbonyl (C=O) groups excluding carboxylic acids is 1. The zero-order chi connectivity index (χ0) is 18.5. The molecule has 0 saturated carbocycles. The van der Waals surface area contributed by atoms with Crippen molar-refractivity contribution in [1.29, 1.82) is 0 Å². The summed E-state index contributed by atoms with van der Waals surface area (Å²) in [6, 6.07) is 12.5. The number of aryl methyl sites for hydroxylation is 2. The van der Waals surface area contributed by atoms with Gasteiger partial charge in [0.25, 0.3) is 5.91 Å². The fourth-order valence-corrected chi connectivity index (χ4v) is 3.78. The molecule has 0 spiro atoms. The Kier molecular flexibility index (Phi) is 3.72. The number of nitrogens with one attached hydrogen (secondary N) is 1. The predicted octanol–water partition coefficient (Wildman–Crippen LogP) is 2.89. The Hall–Kier alpha value is -2.89. The number of rotatable bonds is 2. The van der Waals surface area contributed by atoms with E-state index in [1.807, 2.05) is 25.1 Å². The van der Waals surface area contributed by atoms with Crippen LogP contribution in [0.4, 0.5) is 4.39 Å². The van der Waals surface area contributed by atoms with Gasteiger partial charge >= 0.3 is 5.69 Å². The van der Waals surface area contributed by atoms with Crippen molar-refractivity contribution in [3.05, 3.63) is 69.6 Å². The number of aromatic amines is 1. The number of imidazole rings is 1. The molecule has 2 heterocycles. The van der Waals surface area contributed by atoms with E-state index in [-0.39, 0.29) is 24.6 Å². The fraction of sp³-hybridized carbons (Fsp3) is 0.300. The van der Waals surface area contributed by atoms with Crippen LogP contribution in [0.25, 0.3) is 11.0 Å². The lowest BCUT2D eigenvalue weighted by Crippen LogP contribution is -2.32. The molecule has 0 radical (unpaired) electrons. The molecule has 134 valence electrons. The molecule has 0 aliphatic carbocycles. The van der Waals surface area contributed by atoms with E-state index in [0.29, 0.717) is 28.7 Å². The summed E-state index contributed by atoms with van der Waals surface area (Å²) >= 11 is 0. The third-order valence-electron chi connectivity index (χ3n) is 5.29. The quantitative estimate of drug-likeness (QED) is 0.770. The molecule has 1 aliphatic rings. The third-order valence-corrected chi connectivity index (χ3v) is 5.29. The fourth-order valence-electron chi connectivity index (χ4n) is 3.78. The number of amides is 1. The van der Waals surface area contributed by atoms with Gasteiger partial charge in [-0.25, -0.2) is 9.18 Å². The Balaban J connectivity index is 1.63. The lowest BCUT2D eigenvalue weighted by atomic mass is 9.91. The highest BCUT2D eigenvalue weighted by Gasteiger charge is 2.42. The number of hydrogen-bond acceptors (Lipinski definition) is 2. The zero-order valence-electron chi connectivity index (χ0n) is 14.8. The molecule has 1 unspecified atom stereocenters. The summed E-state index contributed by atoms with van der Waals surface area (Å²) in [6.45, 7) is 2.30.